The van der Waals surface area contributed by atoms with E-state index in [1.807, 2.05) is 0 Å². The highest BCUT2D eigenvalue weighted by Gasteiger charge is 2.20. The van der Waals surface area contributed by atoms with Crippen LogP contribution in [0.1, 0.15) is 4.88 Å². The number of aliphatic hydroxyl groups excluding tert-OH is 1. The van der Waals surface area contributed by atoms with Crippen LogP contribution in [0.5, 0.6) is 0 Å². The predicted molar refractivity (Wildman–Crippen MR) is 82.3 cm³/mol. The van der Waals surface area contributed by atoms with Crippen LogP contribution in [0.25, 0.3) is 0 Å². The lowest BCUT2D eigenvalue weighted by atomic mass is 10.3. The Bertz CT molecular complexity index is 739. The molecule has 2 rings (SSSR count). The minimum Gasteiger partial charge on any atom is -0.396 e. The van der Waals surface area contributed by atoms with Gasteiger partial charge in [-0.3, -0.25) is 4.72 Å². The topological polar surface area (TPSA) is 66.4 Å². The Labute approximate surface area is 135 Å². The Kier molecular flexibility index (Phi) is 5.11. The van der Waals surface area contributed by atoms with Crippen LogP contribution in [-0.4, -0.2) is 20.1 Å². The lowest BCUT2D eigenvalue weighted by molar-refractivity contribution is 0.300. The molecule has 0 saturated heterocycles. The van der Waals surface area contributed by atoms with Gasteiger partial charge >= 0.3 is 0 Å². The Morgan fingerprint density at radius 1 is 1.24 bits per heavy atom. The van der Waals surface area contributed by atoms with Gasteiger partial charge < -0.3 is 5.11 Å². The molecule has 0 aliphatic carbocycles. The summed E-state index contributed by atoms with van der Waals surface area (Å²) in [6, 6.07) is 4.97. The smallest absolute Gasteiger partial charge is 0.271 e. The van der Waals surface area contributed by atoms with Gasteiger partial charge in [-0.05, 0) is 24.3 Å². The number of aliphatic hydroxyl groups is 1. The monoisotopic (exact) mass is 369 g/mol. The maximum atomic E-state index is 13.1. The van der Waals surface area contributed by atoms with Crippen molar-refractivity contribution in [3.05, 3.63) is 45.0 Å². The van der Waals surface area contributed by atoms with E-state index in [1.165, 1.54) is 6.07 Å². The normalized spacial score (nSPS) is 11.6. The first-order chi connectivity index (χ1) is 9.83. The van der Waals surface area contributed by atoms with E-state index in [2.05, 4.69) is 4.72 Å². The van der Waals surface area contributed by atoms with Gasteiger partial charge in [0.15, 0.2) is 0 Å². The van der Waals surface area contributed by atoms with E-state index in [1.54, 1.807) is 6.07 Å². The van der Waals surface area contributed by atoms with Gasteiger partial charge in [0.1, 0.15) is 10.0 Å². The number of halogens is 3. The molecule has 114 valence electrons. The van der Waals surface area contributed by atoms with E-state index in [0.717, 1.165) is 28.3 Å². The predicted octanol–water partition coefficient (Wildman–Crippen LogP) is 3.53. The highest BCUT2D eigenvalue weighted by Crippen LogP contribution is 2.34. The Balaban J connectivity index is 2.33. The zero-order chi connectivity index (χ0) is 15.6. The molecule has 4 nitrogen and oxygen atoms in total. The Morgan fingerprint density at radius 3 is 2.43 bits per heavy atom. The molecule has 0 unspecified atom stereocenters. The van der Waals surface area contributed by atoms with Crippen LogP contribution in [-0.2, 0) is 16.4 Å². The van der Waals surface area contributed by atoms with Crippen molar-refractivity contribution < 1.29 is 17.9 Å². The molecule has 2 N–H and O–H groups in total. The van der Waals surface area contributed by atoms with E-state index in [9.17, 15) is 12.8 Å². The SMILES string of the molecule is O=S(=O)(Nc1c(Cl)cc(F)cc1Cl)c1ccc(CCO)s1. The van der Waals surface area contributed by atoms with Crippen molar-refractivity contribution in [2.75, 3.05) is 11.3 Å². The molecule has 0 radical (unpaired) electrons. The van der Waals surface area contributed by atoms with E-state index in [4.69, 9.17) is 28.3 Å². The second-order valence-electron chi connectivity index (χ2n) is 4.04. The van der Waals surface area contributed by atoms with Gasteiger partial charge in [0.25, 0.3) is 10.0 Å². The van der Waals surface area contributed by atoms with Crippen LogP contribution in [0.4, 0.5) is 10.1 Å². The van der Waals surface area contributed by atoms with Gasteiger partial charge in [-0.1, -0.05) is 23.2 Å². The van der Waals surface area contributed by atoms with Crippen molar-refractivity contribution >= 4 is 50.2 Å². The number of hydrogen-bond donors (Lipinski definition) is 2. The molecular weight excluding hydrogens is 360 g/mol. The minimum absolute atomic E-state index is 0.0578. The first-order valence-corrected chi connectivity index (χ1v) is 8.76. The maximum Gasteiger partial charge on any atom is 0.271 e. The Morgan fingerprint density at radius 2 is 1.86 bits per heavy atom. The van der Waals surface area contributed by atoms with Gasteiger partial charge in [-0.25, -0.2) is 12.8 Å². The number of rotatable bonds is 5. The minimum atomic E-state index is -3.87. The number of hydrogen-bond acceptors (Lipinski definition) is 4. The summed E-state index contributed by atoms with van der Waals surface area (Å²) in [5.41, 5.74) is -0.0724. The van der Waals surface area contributed by atoms with Gasteiger partial charge in [0, 0.05) is 17.9 Å². The fourth-order valence-corrected chi connectivity index (χ4v) is 4.68. The first kappa shape index (κ1) is 16.5. The standard InChI is InChI=1S/C12H10Cl2FNO3S2/c13-9-5-7(15)6-10(14)12(9)16-21(18,19)11-2-1-8(20-11)3-4-17/h1-2,5-6,16-17H,3-4H2. The molecule has 0 saturated carbocycles. The number of thiophene rings is 1. The van der Waals surface area contributed by atoms with Crippen LogP contribution >= 0.6 is 34.5 Å². The summed E-state index contributed by atoms with van der Waals surface area (Å²) in [4.78, 5) is 0.731. The number of benzene rings is 1. The summed E-state index contributed by atoms with van der Waals surface area (Å²) in [5.74, 6) is -0.658. The summed E-state index contributed by atoms with van der Waals surface area (Å²) < 4.78 is 39.9. The van der Waals surface area contributed by atoms with Crippen LogP contribution < -0.4 is 4.72 Å². The second-order valence-corrected chi connectivity index (χ2v) is 7.94. The number of sulfonamides is 1. The summed E-state index contributed by atoms with van der Waals surface area (Å²) >= 11 is 12.6. The van der Waals surface area contributed by atoms with E-state index in [-0.39, 0.29) is 26.5 Å². The molecular formula is C12H10Cl2FNO3S2. The van der Waals surface area contributed by atoms with Crippen molar-refractivity contribution in [2.45, 2.75) is 10.6 Å². The maximum absolute atomic E-state index is 13.1. The lowest BCUT2D eigenvalue weighted by Gasteiger charge is -2.10. The van der Waals surface area contributed by atoms with Gasteiger partial charge in [0.2, 0.25) is 0 Å². The molecule has 9 heteroatoms. The molecule has 0 spiro atoms. The third kappa shape index (κ3) is 3.87. The fraction of sp³-hybridized carbons (Fsp3) is 0.167. The zero-order valence-corrected chi connectivity index (χ0v) is 13.6. The van der Waals surface area contributed by atoms with E-state index < -0.39 is 15.8 Å². The molecule has 1 heterocycles. The molecule has 0 aliphatic heterocycles. The van der Waals surface area contributed by atoms with Gasteiger partial charge in [-0.15, -0.1) is 11.3 Å². The average molecular weight is 370 g/mol. The van der Waals surface area contributed by atoms with Crippen LogP contribution in [0.15, 0.2) is 28.5 Å². The van der Waals surface area contributed by atoms with Crippen molar-refractivity contribution in [3.63, 3.8) is 0 Å². The lowest BCUT2D eigenvalue weighted by Crippen LogP contribution is -2.12. The summed E-state index contributed by atoms with van der Waals surface area (Å²) in [5, 5.41) is 8.58. The number of nitrogens with one attached hydrogen (secondary N) is 1. The molecule has 1 aromatic heterocycles. The summed E-state index contributed by atoms with van der Waals surface area (Å²) in [7, 11) is -3.87. The van der Waals surface area contributed by atoms with Crippen molar-refractivity contribution in [1.29, 1.82) is 0 Å². The Hall–Kier alpha value is -0.860. The summed E-state index contributed by atoms with van der Waals surface area (Å²) in [6.07, 6.45) is 0.373. The highest BCUT2D eigenvalue weighted by molar-refractivity contribution is 7.94. The highest BCUT2D eigenvalue weighted by atomic mass is 35.5. The molecule has 0 bridgehead atoms. The molecule has 0 amide bonds. The molecule has 1 aromatic carbocycles. The molecule has 21 heavy (non-hydrogen) atoms. The largest absolute Gasteiger partial charge is 0.396 e. The summed E-state index contributed by atoms with van der Waals surface area (Å²) in [6.45, 7) is -0.0664. The van der Waals surface area contributed by atoms with Crippen molar-refractivity contribution in [1.82, 2.24) is 0 Å². The van der Waals surface area contributed by atoms with E-state index >= 15 is 0 Å². The van der Waals surface area contributed by atoms with E-state index in [0.29, 0.717) is 6.42 Å². The fourth-order valence-electron chi connectivity index (χ4n) is 1.57. The van der Waals surface area contributed by atoms with Crippen molar-refractivity contribution in [3.8, 4) is 0 Å². The van der Waals surface area contributed by atoms with Crippen LogP contribution in [0.2, 0.25) is 10.0 Å². The first-order valence-electron chi connectivity index (χ1n) is 5.70. The third-order valence-electron chi connectivity index (χ3n) is 2.50. The second kappa shape index (κ2) is 6.50. The van der Waals surface area contributed by atoms with Crippen LogP contribution in [0, 0.1) is 5.82 Å². The molecule has 0 aliphatic rings. The molecule has 0 atom stereocenters. The van der Waals surface area contributed by atoms with Crippen LogP contribution in [0.3, 0.4) is 0 Å². The average Bonchev–Trinajstić information content (AvgIpc) is 2.84. The quantitative estimate of drug-likeness (QED) is 0.846. The zero-order valence-electron chi connectivity index (χ0n) is 10.4. The molecule has 0 fully saturated rings. The van der Waals surface area contributed by atoms with Gasteiger partial charge in [-0.2, -0.15) is 0 Å². The molecule has 2 aromatic rings. The van der Waals surface area contributed by atoms with Crippen molar-refractivity contribution in [2.24, 2.45) is 0 Å². The van der Waals surface area contributed by atoms with Gasteiger partial charge in [0.05, 0.1) is 15.7 Å². The number of anilines is 1. The third-order valence-corrected chi connectivity index (χ3v) is 6.09.